The number of hydrogen-bond donors (Lipinski definition) is 2. The number of aromatic nitrogens is 2. The average Bonchev–Trinajstić information content (AvgIpc) is 2.81. The van der Waals surface area contributed by atoms with E-state index in [1.54, 1.807) is 6.07 Å². The molecule has 0 bridgehead atoms. The summed E-state index contributed by atoms with van der Waals surface area (Å²) in [5.74, 6) is -1.98. The lowest BCUT2D eigenvalue weighted by Crippen LogP contribution is -1.93. The Morgan fingerprint density at radius 3 is 2.38 bits per heavy atom. The number of nitrogens with one attached hydrogen (secondary N) is 1. The first-order valence-electron chi connectivity index (χ1n) is 6.12. The van der Waals surface area contributed by atoms with Gasteiger partial charge in [-0.05, 0) is 24.3 Å². The van der Waals surface area contributed by atoms with Crippen LogP contribution in [0.5, 0.6) is 0 Å². The molecule has 0 saturated carbocycles. The monoisotopic (exact) mass is 289 g/mol. The molecule has 3 aromatic rings. The van der Waals surface area contributed by atoms with Gasteiger partial charge in [-0.2, -0.15) is 5.10 Å². The van der Waals surface area contributed by atoms with Crippen LogP contribution in [0.25, 0.3) is 22.4 Å². The highest BCUT2D eigenvalue weighted by molar-refractivity contribution is 5.88. The number of nitrogens with zero attached hydrogens (tertiary/aromatic N) is 1. The summed E-state index contributed by atoms with van der Waals surface area (Å²) < 4.78 is 40.9. The second-order valence-electron chi connectivity index (χ2n) is 4.46. The zero-order chi connectivity index (χ0) is 15.0. The molecular formula is C15H10F3N3. The van der Waals surface area contributed by atoms with Gasteiger partial charge in [0, 0.05) is 17.2 Å². The van der Waals surface area contributed by atoms with Gasteiger partial charge in [-0.3, -0.25) is 5.10 Å². The van der Waals surface area contributed by atoms with Crippen molar-refractivity contribution < 1.29 is 13.2 Å². The lowest BCUT2D eigenvalue weighted by atomic mass is 10.00. The van der Waals surface area contributed by atoms with E-state index in [0.717, 1.165) is 12.1 Å². The highest BCUT2D eigenvalue weighted by atomic mass is 19.1. The Bertz CT molecular complexity index is 812. The van der Waals surface area contributed by atoms with Crippen molar-refractivity contribution in [1.29, 1.82) is 0 Å². The van der Waals surface area contributed by atoms with E-state index < -0.39 is 17.5 Å². The van der Waals surface area contributed by atoms with Crippen molar-refractivity contribution in [3.63, 3.8) is 0 Å². The molecule has 21 heavy (non-hydrogen) atoms. The van der Waals surface area contributed by atoms with Crippen LogP contribution >= 0.6 is 0 Å². The van der Waals surface area contributed by atoms with Gasteiger partial charge in [-0.1, -0.05) is 12.1 Å². The van der Waals surface area contributed by atoms with Crippen molar-refractivity contribution in [3.8, 4) is 22.4 Å². The molecule has 3 rings (SSSR count). The zero-order valence-corrected chi connectivity index (χ0v) is 10.7. The first kappa shape index (κ1) is 13.2. The molecule has 0 aliphatic heterocycles. The second kappa shape index (κ2) is 4.97. The van der Waals surface area contributed by atoms with Crippen molar-refractivity contribution in [3.05, 3.63) is 59.9 Å². The van der Waals surface area contributed by atoms with Gasteiger partial charge in [-0.25, -0.2) is 13.2 Å². The summed E-state index contributed by atoms with van der Waals surface area (Å²) >= 11 is 0. The van der Waals surface area contributed by atoms with Gasteiger partial charge in [0.05, 0.1) is 11.3 Å². The first-order chi connectivity index (χ1) is 10.1. The number of nitrogens with two attached hydrogens (primary N) is 1. The largest absolute Gasteiger partial charge is 0.382 e. The molecule has 0 amide bonds. The number of H-pyrrole nitrogens is 1. The summed E-state index contributed by atoms with van der Waals surface area (Å²) in [6, 6.07) is 9.07. The Kier molecular flexibility index (Phi) is 3.13. The quantitative estimate of drug-likeness (QED) is 0.755. The molecule has 2 aromatic carbocycles. The van der Waals surface area contributed by atoms with Crippen LogP contribution in [0.15, 0.2) is 42.5 Å². The molecule has 0 unspecified atom stereocenters. The van der Waals surface area contributed by atoms with Gasteiger partial charge >= 0.3 is 0 Å². The van der Waals surface area contributed by atoms with Crippen LogP contribution in [0.3, 0.4) is 0 Å². The van der Waals surface area contributed by atoms with Gasteiger partial charge in [0.15, 0.2) is 5.82 Å². The molecule has 6 heteroatoms. The molecule has 0 fully saturated rings. The number of halogens is 3. The SMILES string of the molecule is Nc1n[nH]c(-c2ccccc2F)c1-c1ccc(F)cc1F. The van der Waals surface area contributed by atoms with Crippen LogP contribution in [0.4, 0.5) is 19.0 Å². The Morgan fingerprint density at radius 1 is 0.905 bits per heavy atom. The Morgan fingerprint density at radius 2 is 1.67 bits per heavy atom. The van der Waals surface area contributed by atoms with Gasteiger partial charge in [0.2, 0.25) is 0 Å². The van der Waals surface area contributed by atoms with Crippen molar-refractivity contribution >= 4 is 5.82 Å². The molecule has 0 aliphatic rings. The number of hydrogen-bond acceptors (Lipinski definition) is 2. The van der Waals surface area contributed by atoms with E-state index in [0.29, 0.717) is 0 Å². The van der Waals surface area contributed by atoms with Gasteiger partial charge in [-0.15, -0.1) is 0 Å². The van der Waals surface area contributed by atoms with Crippen LogP contribution in [-0.4, -0.2) is 10.2 Å². The van der Waals surface area contributed by atoms with Gasteiger partial charge in [0.25, 0.3) is 0 Å². The highest BCUT2D eigenvalue weighted by Crippen LogP contribution is 2.37. The third-order valence-electron chi connectivity index (χ3n) is 3.14. The lowest BCUT2D eigenvalue weighted by Gasteiger charge is -2.07. The maximum absolute atomic E-state index is 14.0. The third-order valence-corrected chi connectivity index (χ3v) is 3.14. The van der Waals surface area contributed by atoms with E-state index in [1.807, 2.05) is 0 Å². The van der Waals surface area contributed by atoms with Crippen LogP contribution in [-0.2, 0) is 0 Å². The minimum Gasteiger partial charge on any atom is -0.382 e. The predicted molar refractivity (Wildman–Crippen MR) is 73.7 cm³/mol. The summed E-state index contributed by atoms with van der Waals surface area (Å²) in [6.07, 6.45) is 0. The first-order valence-corrected chi connectivity index (χ1v) is 6.12. The molecule has 106 valence electrons. The van der Waals surface area contributed by atoms with Gasteiger partial charge in [0.1, 0.15) is 17.5 Å². The standard InChI is InChI=1S/C15H10F3N3/c16-8-5-6-9(12(18)7-8)13-14(20-21-15(13)19)10-3-1-2-4-11(10)17/h1-7H,(H3,19,20,21). The Labute approximate surface area is 118 Å². The second-order valence-corrected chi connectivity index (χ2v) is 4.46. The number of aromatic amines is 1. The van der Waals surface area contributed by atoms with Crippen LogP contribution in [0, 0.1) is 17.5 Å². The molecule has 1 heterocycles. The number of anilines is 1. The maximum atomic E-state index is 14.0. The van der Waals surface area contributed by atoms with Crippen molar-refractivity contribution in [2.45, 2.75) is 0 Å². The highest BCUT2D eigenvalue weighted by Gasteiger charge is 2.20. The third kappa shape index (κ3) is 2.24. The smallest absolute Gasteiger partial charge is 0.153 e. The fourth-order valence-electron chi connectivity index (χ4n) is 2.18. The summed E-state index contributed by atoms with van der Waals surface area (Å²) in [7, 11) is 0. The molecule has 0 spiro atoms. The summed E-state index contributed by atoms with van der Waals surface area (Å²) in [4.78, 5) is 0. The molecular weight excluding hydrogens is 279 g/mol. The molecule has 0 aliphatic carbocycles. The maximum Gasteiger partial charge on any atom is 0.153 e. The minimum atomic E-state index is -0.791. The zero-order valence-electron chi connectivity index (χ0n) is 10.7. The minimum absolute atomic E-state index is 0.0127. The van der Waals surface area contributed by atoms with E-state index >= 15 is 0 Å². The Balaban J connectivity index is 2.25. The van der Waals surface area contributed by atoms with Crippen molar-refractivity contribution in [2.75, 3.05) is 5.73 Å². The van der Waals surface area contributed by atoms with E-state index in [9.17, 15) is 13.2 Å². The number of nitrogen functional groups attached to an aromatic ring is 1. The van der Waals surface area contributed by atoms with Gasteiger partial charge < -0.3 is 5.73 Å². The Hall–Kier alpha value is -2.76. The fraction of sp³-hybridized carbons (Fsp3) is 0. The van der Waals surface area contributed by atoms with Crippen LogP contribution in [0.1, 0.15) is 0 Å². The molecule has 0 saturated heterocycles. The van der Waals surface area contributed by atoms with E-state index in [2.05, 4.69) is 10.2 Å². The average molecular weight is 289 g/mol. The van der Waals surface area contributed by atoms with Crippen LogP contribution in [0.2, 0.25) is 0 Å². The van der Waals surface area contributed by atoms with Crippen molar-refractivity contribution in [1.82, 2.24) is 10.2 Å². The summed E-state index contributed by atoms with van der Waals surface area (Å²) in [5, 5.41) is 6.40. The normalized spacial score (nSPS) is 10.8. The molecule has 1 aromatic heterocycles. The van der Waals surface area contributed by atoms with Crippen LogP contribution < -0.4 is 5.73 Å². The van der Waals surface area contributed by atoms with E-state index in [1.165, 1.54) is 24.3 Å². The molecule has 3 nitrogen and oxygen atoms in total. The lowest BCUT2D eigenvalue weighted by molar-refractivity contribution is 0.585. The molecule has 0 radical (unpaired) electrons. The number of rotatable bonds is 2. The number of benzene rings is 2. The van der Waals surface area contributed by atoms with E-state index in [4.69, 9.17) is 5.73 Å². The van der Waals surface area contributed by atoms with E-state index in [-0.39, 0.29) is 28.2 Å². The topological polar surface area (TPSA) is 54.7 Å². The summed E-state index contributed by atoms with van der Waals surface area (Å²) in [5.41, 5.74) is 6.46. The molecule has 0 atom stereocenters. The fourth-order valence-corrected chi connectivity index (χ4v) is 2.18. The molecule has 3 N–H and O–H groups in total. The predicted octanol–water partition coefficient (Wildman–Crippen LogP) is 3.74. The summed E-state index contributed by atoms with van der Waals surface area (Å²) in [6.45, 7) is 0. The van der Waals surface area contributed by atoms with Crippen molar-refractivity contribution in [2.24, 2.45) is 0 Å².